The van der Waals surface area contributed by atoms with Gasteiger partial charge in [0, 0.05) is 39.1 Å². The Kier molecular flexibility index (Phi) is 4.80. The fraction of sp³-hybridized carbons (Fsp3) is 0.667. The first-order chi connectivity index (χ1) is 11.2. The fourth-order valence-corrected chi connectivity index (χ4v) is 2.85. The van der Waals surface area contributed by atoms with Gasteiger partial charge in [-0.2, -0.15) is 4.98 Å². The predicted molar refractivity (Wildman–Crippen MR) is 83.7 cm³/mol. The largest absolute Gasteiger partial charge is 0.480 e. The van der Waals surface area contributed by atoms with Gasteiger partial charge in [0.25, 0.3) is 0 Å². The van der Waals surface area contributed by atoms with Gasteiger partial charge in [-0.3, -0.25) is 4.98 Å². The maximum Gasteiger partial charge on any atom is 0.320 e. The van der Waals surface area contributed by atoms with E-state index in [9.17, 15) is 4.79 Å². The molecule has 8 heteroatoms. The molecule has 0 aromatic carbocycles. The summed E-state index contributed by atoms with van der Waals surface area (Å²) in [6, 6.07) is 0.112. The number of likely N-dealkylation sites (N-methyl/N-ethyl adjacent to an activating group) is 1. The van der Waals surface area contributed by atoms with E-state index in [1.165, 1.54) is 6.20 Å². The number of methoxy groups -OCH3 is 1. The zero-order chi connectivity index (χ0) is 16.2. The van der Waals surface area contributed by atoms with Crippen LogP contribution in [-0.4, -0.2) is 90.2 Å². The Labute approximate surface area is 136 Å². The second-order valence-corrected chi connectivity index (χ2v) is 5.95. The SMILES string of the molecule is COc1cncc(OC2CCN(C(=O)N3CCN(C)CC3)C2)n1. The van der Waals surface area contributed by atoms with Crippen molar-refractivity contribution in [3.63, 3.8) is 0 Å². The van der Waals surface area contributed by atoms with Crippen LogP contribution in [0.3, 0.4) is 0 Å². The molecular formula is C15H23N5O3. The van der Waals surface area contributed by atoms with E-state index in [-0.39, 0.29) is 12.1 Å². The fourth-order valence-electron chi connectivity index (χ4n) is 2.85. The molecule has 3 rings (SSSR count). The van der Waals surface area contributed by atoms with Crippen LogP contribution in [0.25, 0.3) is 0 Å². The Hall–Kier alpha value is -2.09. The Balaban J connectivity index is 1.52. The molecule has 1 unspecified atom stereocenters. The number of urea groups is 1. The topological polar surface area (TPSA) is 71.0 Å². The molecule has 3 heterocycles. The number of rotatable bonds is 3. The Morgan fingerprint density at radius 1 is 1.13 bits per heavy atom. The lowest BCUT2D eigenvalue weighted by Gasteiger charge is -2.34. The normalized spacial score (nSPS) is 22.3. The molecule has 2 saturated heterocycles. The second kappa shape index (κ2) is 6.99. The van der Waals surface area contributed by atoms with Gasteiger partial charge in [-0.1, -0.05) is 0 Å². The minimum absolute atomic E-state index is 0.0483. The number of hydrogen-bond acceptors (Lipinski definition) is 6. The molecule has 23 heavy (non-hydrogen) atoms. The highest BCUT2D eigenvalue weighted by atomic mass is 16.5. The van der Waals surface area contributed by atoms with Crippen LogP contribution in [0.4, 0.5) is 4.79 Å². The van der Waals surface area contributed by atoms with Gasteiger partial charge in [0.2, 0.25) is 11.8 Å². The van der Waals surface area contributed by atoms with Crippen molar-refractivity contribution in [1.82, 2.24) is 24.7 Å². The quantitative estimate of drug-likeness (QED) is 0.798. The number of likely N-dealkylation sites (tertiary alicyclic amines) is 1. The maximum atomic E-state index is 12.5. The Morgan fingerprint density at radius 2 is 1.87 bits per heavy atom. The van der Waals surface area contributed by atoms with Crippen molar-refractivity contribution in [2.45, 2.75) is 12.5 Å². The predicted octanol–water partition coefficient (Wildman–Crippen LogP) is 0.306. The highest BCUT2D eigenvalue weighted by Crippen LogP contribution is 2.19. The van der Waals surface area contributed by atoms with E-state index in [2.05, 4.69) is 21.9 Å². The van der Waals surface area contributed by atoms with E-state index in [4.69, 9.17) is 9.47 Å². The lowest BCUT2D eigenvalue weighted by molar-refractivity contribution is 0.123. The monoisotopic (exact) mass is 321 g/mol. The van der Waals surface area contributed by atoms with Gasteiger partial charge in [-0.25, -0.2) is 4.79 Å². The second-order valence-electron chi connectivity index (χ2n) is 5.95. The zero-order valence-electron chi connectivity index (χ0n) is 13.6. The zero-order valence-corrected chi connectivity index (χ0v) is 13.6. The number of carbonyl (C=O) groups is 1. The molecule has 2 fully saturated rings. The lowest BCUT2D eigenvalue weighted by atomic mass is 10.3. The first-order valence-corrected chi connectivity index (χ1v) is 7.91. The van der Waals surface area contributed by atoms with Crippen molar-refractivity contribution in [3.05, 3.63) is 12.4 Å². The van der Waals surface area contributed by atoms with Crippen molar-refractivity contribution in [2.24, 2.45) is 0 Å². The summed E-state index contributed by atoms with van der Waals surface area (Å²) in [7, 11) is 3.62. The number of amides is 2. The standard InChI is InChI=1S/C15H23N5O3/c1-18-5-7-19(8-6-18)15(21)20-4-3-12(11-20)23-14-10-16-9-13(17-14)22-2/h9-10,12H,3-8,11H2,1-2H3. The summed E-state index contributed by atoms with van der Waals surface area (Å²) < 4.78 is 10.9. The van der Waals surface area contributed by atoms with E-state index < -0.39 is 0 Å². The smallest absolute Gasteiger partial charge is 0.320 e. The molecule has 1 aromatic heterocycles. The van der Waals surface area contributed by atoms with Crippen molar-refractivity contribution in [2.75, 3.05) is 53.4 Å². The van der Waals surface area contributed by atoms with Gasteiger partial charge in [0.05, 0.1) is 26.0 Å². The van der Waals surface area contributed by atoms with Crippen molar-refractivity contribution in [1.29, 1.82) is 0 Å². The van der Waals surface area contributed by atoms with Crippen LogP contribution >= 0.6 is 0 Å². The third-order valence-corrected chi connectivity index (χ3v) is 4.28. The first-order valence-electron chi connectivity index (χ1n) is 7.91. The molecule has 126 valence electrons. The minimum atomic E-state index is -0.0483. The van der Waals surface area contributed by atoms with Crippen LogP contribution in [0.1, 0.15) is 6.42 Å². The number of ether oxygens (including phenoxy) is 2. The number of carbonyl (C=O) groups excluding carboxylic acids is 1. The summed E-state index contributed by atoms with van der Waals surface area (Å²) in [4.78, 5) is 26.8. The molecule has 0 bridgehead atoms. The molecule has 0 aliphatic carbocycles. The van der Waals surface area contributed by atoms with Gasteiger partial charge in [-0.05, 0) is 7.05 Å². The van der Waals surface area contributed by atoms with E-state index in [0.717, 1.165) is 32.6 Å². The van der Waals surface area contributed by atoms with E-state index in [1.807, 2.05) is 9.80 Å². The van der Waals surface area contributed by atoms with E-state index >= 15 is 0 Å². The van der Waals surface area contributed by atoms with E-state index in [1.54, 1.807) is 13.3 Å². The first kappa shape index (κ1) is 15.8. The number of piperazine rings is 1. The van der Waals surface area contributed by atoms with Gasteiger partial charge in [0.1, 0.15) is 6.10 Å². The molecule has 2 aliphatic heterocycles. The van der Waals surface area contributed by atoms with Crippen LogP contribution in [0.2, 0.25) is 0 Å². The molecule has 0 radical (unpaired) electrons. The summed E-state index contributed by atoms with van der Waals surface area (Å²) in [5, 5.41) is 0. The Bertz CT molecular complexity index is 548. The third kappa shape index (κ3) is 3.82. The highest BCUT2D eigenvalue weighted by molar-refractivity contribution is 5.75. The van der Waals surface area contributed by atoms with Gasteiger partial charge < -0.3 is 24.2 Å². The summed E-state index contributed by atoms with van der Waals surface area (Å²) in [5.74, 6) is 0.856. The van der Waals surface area contributed by atoms with E-state index in [0.29, 0.717) is 24.8 Å². The summed E-state index contributed by atoms with van der Waals surface area (Å²) in [6.45, 7) is 4.74. The summed E-state index contributed by atoms with van der Waals surface area (Å²) >= 11 is 0. The van der Waals surface area contributed by atoms with Gasteiger partial charge >= 0.3 is 6.03 Å². The van der Waals surface area contributed by atoms with Crippen LogP contribution in [0, 0.1) is 0 Å². The van der Waals surface area contributed by atoms with Gasteiger partial charge in [-0.15, -0.1) is 0 Å². The molecular weight excluding hydrogens is 298 g/mol. The summed E-state index contributed by atoms with van der Waals surface area (Å²) in [5.41, 5.74) is 0. The summed E-state index contributed by atoms with van der Waals surface area (Å²) in [6.07, 6.45) is 3.85. The van der Waals surface area contributed by atoms with Crippen molar-refractivity contribution < 1.29 is 14.3 Å². The molecule has 1 atom stereocenters. The molecule has 8 nitrogen and oxygen atoms in total. The molecule has 0 N–H and O–H groups in total. The number of aromatic nitrogens is 2. The van der Waals surface area contributed by atoms with Crippen LogP contribution in [0.5, 0.6) is 11.8 Å². The molecule has 2 amide bonds. The van der Waals surface area contributed by atoms with Crippen molar-refractivity contribution in [3.8, 4) is 11.8 Å². The lowest BCUT2D eigenvalue weighted by Crippen LogP contribution is -2.51. The average molecular weight is 321 g/mol. The van der Waals surface area contributed by atoms with Crippen molar-refractivity contribution >= 4 is 6.03 Å². The third-order valence-electron chi connectivity index (χ3n) is 4.28. The Morgan fingerprint density at radius 3 is 2.61 bits per heavy atom. The number of nitrogens with zero attached hydrogens (tertiary/aromatic N) is 5. The number of hydrogen-bond donors (Lipinski definition) is 0. The van der Waals surface area contributed by atoms with Crippen LogP contribution in [-0.2, 0) is 0 Å². The average Bonchev–Trinajstić information content (AvgIpc) is 3.03. The van der Waals surface area contributed by atoms with Gasteiger partial charge in [0.15, 0.2) is 0 Å². The molecule has 1 aromatic rings. The molecule has 0 spiro atoms. The van der Waals surface area contributed by atoms with Crippen LogP contribution < -0.4 is 9.47 Å². The molecule has 2 aliphatic rings. The maximum absolute atomic E-state index is 12.5. The minimum Gasteiger partial charge on any atom is -0.480 e. The highest BCUT2D eigenvalue weighted by Gasteiger charge is 2.31. The van der Waals surface area contributed by atoms with Crippen LogP contribution in [0.15, 0.2) is 12.4 Å². The molecule has 0 saturated carbocycles.